The molecule has 0 spiro atoms. The molecule has 0 bridgehead atoms. The van der Waals surface area contributed by atoms with Gasteiger partial charge in [0.1, 0.15) is 0 Å². The van der Waals surface area contributed by atoms with E-state index >= 15 is 0 Å². The van der Waals surface area contributed by atoms with Crippen molar-refractivity contribution >= 4 is 44.8 Å². The van der Waals surface area contributed by atoms with Gasteiger partial charge >= 0.3 is 0 Å². The van der Waals surface area contributed by atoms with Crippen LogP contribution in [0.2, 0.25) is 10.0 Å². The van der Waals surface area contributed by atoms with Crippen molar-refractivity contribution in [3.63, 3.8) is 0 Å². The molecule has 8 heteroatoms. The zero-order valence-electron chi connectivity index (χ0n) is 13.1. The van der Waals surface area contributed by atoms with Crippen molar-refractivity contribution in [2.75, 3.05) is 12.4 Å². The highest BCUT2D eigenvalue weighted by molar-refractivity contribution is 7.89. The number of nitrogens with one attached hydrogen (secondary N) is 2. The normalized spacial score (nSPS) is 11.3. The number of carbonyl (C=O) groups is 1. The highest BCUT2D eigenvalue weighted by Gasteiger charge is 2.16. The summed E-state index contributed by atoms with van der Waals surface area (Å²) >= 11 is 11.8. The summed E-state index contributed by atoms with van der Waals surface area (Å²) in [6.45, 7) is 1.69. The standard InChI is InChI=1S/C16H16Cl2N2O3S/c1-10-3-5-12(9-15(10)24(22,23)19-2)20-16(21)8-11-4-6-13(17)14(18)7-11/h3-7,9,19H,8H2,1-2H3,(H,20,21). The highest BCUT2D eigenvalue weighted by atomic mass is 35.5. The van der Waals surface area contributed by atoms with Crippen LogP contribution in [0.1, 0.15) is 11.1 Å². The second-order valence-corrected chi connectivity index (χ2v) is 7.83. The predicted octanol–water partition coefficient (Wildman–Crippen LogP) is 3.39. The van der Waals surface area contributed by atoms with E-state index in [2.05, 4.69) is 10.0 Å². The third kappa shape index (κ3) is 4.48. The quantitative estimate of drug-likeness (QED) is 0.826. The van der Waals surface area contributed by atoms with Crippen molar-refractivity contribution in [3.05, 3.63) is 57.6 Å². The summed E-state index contributed by atoms with van der Waals surface area (Å²) in [7, 11) is -2.25. The van der Waals surface area contributed by atoms with Crippen LogP contribution >= 0.6 is 23.2 Å². The van der Waals surface area contributed by atoms with E-state index < -0.39 is 10.0 Å². The molecule has 0 heterocycles. The Balaban J connectivity index is 2.17. The SMILES string of the molecule is CNS(=O)(=O)c1cc(NC(=O)Cc2ccc(Cl)c(Cl)c2)ccc1C. The molecular formula is C16H16Cl2N2O3S. The van der Waals surface area contributed by atoms with Gasteiger partial charge in [-0.3, -0.25) is 4.79 Å². The topological polar surface area (TPSA) is 75.3 Å². The van der Waals surface area contributed by atoms with Crippen molar-refractivity contribution in [3.8, 4) is 0 Å². The molecule has 2 N–H and O–H groups in total. The Bertz CT molecular complexity index is 883. The average molecular weight is 387 g/mol. The number of aryl methyl sites for hydroxylation is 1. The van der Waals surface area contributed by atoms with Gasteiger partial charge in [0.15, 0.2) is 0 Å². The van der Waals surface area contributed by atoms with Gasteiger partial charge in [-0.25, -0.2) is 13.1 Å². The maximum atomic E-state index is 12.1. The van der Waals surface area contributed by atoms with Crippen LogP contribution in [0.5, 0.6) is 0 Å². The first-order valence-electron chi connectivity index (χ1n) is 7.01. The highest BCUT2D eigenvalue weighted by Crippen LogP contribution is 2.23. The molecule has 5 nitrogen and oxygen atoms in total. The summed E-state index contributed by atoms with van der Waals surface area (Å²) in [5.41, 5.74) is 1.70. The minimum Gasteiger partial charge on any atom is -0.326 e. The molecular weight excluding hydrogens is 371 g/mol. The van der Waals surface area contributed by atoms with Crippen LogP contribution < -0.4 is 10.0 Å². The van der Waals surface area contributed by atoms with Gasteiger partial charge in [0.25, 0.3) is 0 Å². The van der Waals surface area contributed by atoms with E-state index in [1.807, 2.05) is 0 Å². The molecule has 0 atom stereocenters. The number of sulfonamides is 1. The minimum atomic E-state index is -3.59. The van der Waals surface area contributed by atoms with E-state index in [0.29, 0.717) is 26.9 Å². The fourth-order valence-electron chi connectivity index (χ4n) is 2.12. The first-order valence-corrected chi connectivity index (χ1v) is 9.25. The number of carbonyl (C=O) groups excluding carboxylic acids is 1. The summed E-state index contributed by atoms with van der Waals surface area (Å²) in [6.07, 6.45) is 0.0961. The van der Waals surface area contributed by atoms with Crippen molar-refractivity contribution < 1.29 is 13.2 Å². The molecule has 1 amide bonds. The zero-order valence-corrected chi connectivity index (χ0v) is 15.4. The van der Waals surface area contributed by atoms with E-state index in [1.54, 1.807) is 37.3 Å². The molecule has 0 aliphatic rings. The summed E-state index contributed by atoms with van der Waals surface area (Å²) < 4.78 is 26.2. The van der Waals surface area contributed by atoms with Crippen LogP contribution in [0.3, 0.4) is 0 Å². The van der Waals surface area contributed by atoms with Gasteiger partial charge in [0.05, 0.1) is 21.4 Å². The van der Waals surface area contributed by atoms with Gasteiger partial charge in [-0.15, -0.1) is 0 Å². The lowest BCUT2D eigenvalue weighted by atomic mass is 10.1. The van der Waals surface area contributed by atoms with Crippen molar-refractivity contribution in [1.82, 2.24) is 4.72 Å². The fourth-order valence-corrected chi connectivity index (χ4v) is 3.43. The van der Waals surface area contributed by atoms with Crippen molar-refractivity contribution in [2.45, 2.75) is 18.2 Å². The largest absolute Gasteiger partial charge is 0.326 e. The number of rotatable bonds is 5. The lowest BCUT2D eigenvalue weighted by molar-refractivity contribution is -0.115. The van der Waals surface area contributed by atoms with E-state index in [-0.39, 0.29) is 17.2 Å². The predicted molar refractivity (Wildman–Crippen MR) is 96.2 cm³/mol. The number of hydrogen-bond acceptors (Lipinski definition) is 3. The number of hydrogen-bond donors (Lipinski definition) is 2. The van der Waals surface area contributed by atoms with Gasteiger partial charge in [-0.2, -0.15) is 0 Å². The molecule has 0 aliphatic heterocycles. The van der Waals surface area contributed by atoms with Gasteiger partial charge in [-0.1, -0.05) is 35.3 Å². The Hall–Kier alpha value is -1.60. The second-order valence-electron chi connectivity index (χ2n) is 5.16. The summed E-state index contributed by atoms with van der Waals surface area (Å²) in [5, 5.41) is 3.47. The number of anilines is 1. The number of benzene rings is 2. The lowest BCUT2D eigenvalue weighted by Crippen LogP contribution is -2.20. The molecule has 0 unspecified atom stereocenters. The van der Waals surface area contributed by atoms with Gasteiger partial charge in [0, 0.05) is 5.69 Å². The third-order valence-electron chi connectivity index (χ3n) is 3.38. The molecule has 0 saturated heterocycles. The maximum Gasteiger partial charge on any atom is 0.240 e. The number of halogens is 2. The molecule has 128 valence electrons. The summed E-state index contributed by atoms with van der Waals surface area (Å²) in [4.78, 5) is 12.3. The smallest absolute Gasteiger partial charge is 0.240 e. The van der Waals surface area contributed by atoms with Crippen molar-refractivity contribution in [1.29, 1.82) is 0 Å². The van der Waals surface area contributed by atoms with Crippen LogP contribution in [0.15, 0.2) is 41.3 Å². The zero-order chi connectivity index (χ0) is 17.9. The Morgan fingerprint density at radius 2 is 1.79 bits per heavy atom. The molecule has 0 fully saturated rings. The Morgan fingerprint density at radius 3 is 2.42 bits per heavy atom. The summed E-state index contributed by atoms with van der Waals surface area (Å²) in [6, 6.07) is 9.66. The van der Waals surface area contributed by atoms with Gasteiger partial charge in [-0.05, 0) is 49.4 Å². The Kier molecular flexibility index (Phi) is 5.87. The Labute approximate surface area is 151 Å². The molecule has 0 saturated carbocycles. The second kappa shape index (κ2) is 7.53. The lowest BCUT2D eigenvalue weighted by Gasteiger charge is -2.10. The van der Waals surface area contributed by atoms with Crippen LogP contribution in [0, 0.1) is 6.92 Å². The molecule has 0 aliphatic carbocycles. The minimum absolute atomic E-state index is 0.0961. The molecule has 2 aromatic rings. The monoisotopic (exact) mass is 386 g/mol. The molecule has 2 aromatic carbocycles. The first-order chi connectivity index (χ1) is 11.2. The van der Waals surface area contributed by atoms with Crippen LogP contribution in [0.4, 0.5) is 5.69 Å². The molecule has 24 heavy (non-hydrogen) atoms. The van der Waals surface area contributed by atoms with Gasteiger partial charge < -0.3 is 5.32 Å². The first kappa shape index (κ1) is 18.7. The van der Waals surface area contributed by atoms with E-state index in [0.717, 1.165) is 0 Å². The maximum absolute atomic E-state index is 12.1. The molecule has 0 aromatic heterocycles. The molecule has 0 radical (unpaired) electrons. The molecule has 2 rings (SSSR count). The summed E-state index contributed by atoms with van der Waals surface area (Å²) in [5.74, 6) is -0.287. The van der Waals surface area contributed by atoms with Crippen molar-refractivity contribution in [2.24, 2.45) is 0 Å². The van der Waals surface area contributed by atoms with Crippen LogP contribution in [-0.4, -0.2) is 21.4 Å². The van der Waals surface area contributed by atoms with E-state index in [1.165, 1.54) is 13.1 Å². The van der Waals surface area contributed by atoms with Crippen LogP contribution in [-0.2, 0) is 21.2 Å². The van der Waals surface area contributed by atoms with E-state index in [4.69, 9.17) is 23.2 Å². The van der Waals surface area contributed by atoms with Gasteiger partial charge in [0.2, 0.25) is 15.9 Å². The van der Waals surface area contributed by atoms with Crippen LogP contribution in [0.25, 0.3) is 0 Å². The van der Waals surface area contributed by atoms with E-state index in [9.17, 15) is 13.2 Å². The third-order valence-corrected chi connectivity index (χ3v) is 5.67. The average Bonchev–Trinajstić information content (AvgIpc) is 2.52. The fraction of sp³-hybridized carbons (Fsp3) is 0.188. The number of amides is 1. The Morgan fingerprint density at radius 1 is 1.08 bits per heavy atom.